The van der Waals surface area contributed by atoms with Crippen molar-refractivity contribution in [2.24, 2.45) is 11.7 Å². The Morgan fingerprint density at radius 1 is 1.18 bits per heavy atom. The van der Waals surface area contributed by atoms with Gasteiger partial charge in [-0.15, -0.1) is 0 Å². The highest BCUT2D eigenvalue weighted by atomic mass is 16.6. The van der Waals surface area contributed by atoms with Gasteiger partial charge in [0.25, 0.3) is 0 Å². The van der Waals surface area contributed by atoms with Crippen molar-refractivity contribution in [2.75, 3.05) is 23.7 Å². The van der Waals surface area contributed by atoms with E-state index in [2.05, 4.69) is 20.6 Å². The van der Waals surface area contributed by atoms with Crippen LogP contribution in [0.4, 0.5) is 17.5 Å². The third kappa shape index (κ3) is 5.23. The highest BCUT2D eigenvalue weighted by Crippen LogP contribution is 2.26. The number of anilines is 2. The second kappa shape index (κ2) is 9.23. The SMILES string of the molecule is NC1CCC(CNc2nc(NCC(=O)c3ccccc3)ncc2[N+](=O)[O-])CC1. The van der Waals surface area contributed by atoms with Gasteiger partial charge in [-0.3, -0.25) is 14.9 Å². The van der Waals surface area contributed by atoms with Crippen molar-refractivity contribution in [2.45, 2.75) is 31.7 Å². The number of Topliss-reactive ketones (excluding diaryl/α,β-unsaturated/α-hetero) is 1. The Morgan fingerprint density at radius 2 is 1.89 bits per heavy atom. The van der Waals surface area contributed by atoms with Crippen LogP contribution in [0.5, 0.6) is 0 Å². The third-order valence-corrected chi connectivity index (χ3v) is 4.92. The maximum Gasteiger partial charge on any atom is 0.329 e. The highest BCUT2D eigenvalue weighted by molar-refractivity contribution is 5.98. The molecule has 1 heterocycles. The first-order chi connectivity index (χ1) is 13.5. The first-order valence-electron chi connectivity index (χ1n) is 9.36. The van der Waals surface area contributed by atoms with Gasteiger partial charge in [-0.1, -0.05) is 30.3 Å². The van der Waals surface area contributed by atoms with E-state index in [1.165, 1.54) is 0 Å². The van der Waals surface area contributed by atoms with Crippen LogP contribution in [0, 0.1) is 16.0 Å². The molecule has 0 amide bonds. The maximum atomic E-state index is 12.2. The summed E-state index contributed by atoms with van der Waals surface area (Å²) < 4.78 is 0. The first-order valence-corrected chi connectivity index (χ1v) is 9.36. The molecule has 0 aliphatic heterocycles. The number of hydrogen-bond acceptors (Lipinski definition) is 8. The van der Waals surface area contributed by atoms with Gasteiger partial charge in [-0.05, 0) is 31.6 Å². The average Bonchev–Trinajstić information content (AvgIpc) is 2.72. The summed E-state index contributed by atoms with van der Waals surface area (Å²) in [6, 6.07) is 9.11. The molecule has 148 valence electrons. The monoisotopic (exact) mass is 384 g/mol. The van der Waals surface area contributed by atoms with Crippen molar-refractivity contribution in [1.29, 1.82) is 0 Å². The van der Waals surface area contributed by atoms with Gasteiger partial charge in [0.2, 0.25) is 11.8 Å². The zero-order chi connectivity index (χ0) is 19.9. The summed E-state index contributed by atoms with van der Waals surface area (Å²) in [6.07, 6.45) is 5.06. The third-order valence-electron chi connectivity index (χ3n) is 4.92. The summed E-state index contributed by atoms with van der Waals surface area (Å²) in [5.74, 6) is 0.619. The van der Waals surface area contributed by atoms with Crippen LogP contribution in [0.25, 0.3) is 0 Å². The van der Waals surface area contributed by atoms with Gasteiger partial charge in [-0.2, -0.15) is 4.98 Å². The number of nitrogens with two attached hydrogens (primary N) is 1. The molecule has 0 saturated heterocycles. The molecular weight excluding hydrogens is 360 g/mol. The van der Waals surface area contributed by atoms with Crippen LogP contribution in [0.2, 0.25) is 0 Å². The van der Waals surface area contributed by atoms with E-state index >= 15 is 0 Å². The Balaban J connectivity index is 1.63. The molecule has 1 saturated carbocycles. The summed E-state index contributed by atoms with van der Waals surface area (Å²) >= 11 is 0. The van der Waals surface area contributed by atoms with Crippen LogP contribution in [0.15, 0.2) is 36.5 Å². The van der Waals surface area contributed by atoms with Gasteiger partial charge in [0.05, 0.1) is 11.5 Å². The quantitative estimate of drug-likeness (QED) is 0.359. The van der Waals surface area contributed by atoms with Gasteiger partial charge < -0.3 is 16.4 Å². The Kier molecular flexibility index (Phi) is 6.49. The number of carbonyl (C=O) groups excluding carboxylic acids is 1. The summed E-state index contributed by atoms with van der Waals surface area (Å²) in [7, 11) is 0. The number of ketones is 1. The predicted molar refractivity (Wildman–Crippen MR) is 106 cm³/mol. The molecule has 0 unspecified atom stereocenters. The summed E-state index contributed by atoms with van der Waals surface area (Å²) in [5.41, 5.74) is 6.31. The molecule has 2 aromatic rings. The minimum atomic E-state index is -0.516. The van der Waals surface area contributed by atoms with Crippen LogP contribution in [-0.2, 0) is 0 Å². The van der Waals surface area contributed by atoms with E-state index in [9.17, 15) is 14.9 Å². The van der Waals surface area contributed by atoms with Gasteiger partial charge in [-0.25, -0.2) is 4.98 Å². The van der Waals surface area contributed by atoms with E-state index in [4.69, 9.17) is 5.73 Å². The molecule has 0 atom stereocenters. The topological polar surface area (TPSA) is 136 Å². The van der Waals surface area contributed by atoms with Crippen molar-refractivity contribution >= 4 is 23.2 Å². The van der Waals surface area contributed by atoms with Crippen LogP contribution < -0.4 is 16.4 Å². The number of carbonyl (C=O) groups is 1. The minimum Gasteiger partial charge on any atom is -0.364 e. The molecule has 9 heteroatoms. The van der Waals surface area contributed by atoms with Crippen molar-refractivity contribution in [3.05, 3.63) is 52.2 Å². The molecule has 28 heavy (non-hydrogen) atoms. The number of nitrogens with zero attached hydrogens (tertiary/aromatic N) is 3. The molecule has 4 N–H and O–H groups in total. The van der Waals surface area contributed by atoms with Crippen molar-refractivity contribution in [1.82, 2.24) is 9.97 Å². The van der Waals surface area contributed by atoms with Crippen LogP contribution in [0.1, 0.15) is 36.0 Å². The van der Waals surface area contributed by atoms with E-state index in [0.717, 1.165) is 31.9 Å². The van der Waals surface area contributed by atoms with Crippen molar-refractivity contribution in [3.63, 3.8) is 0 Å². The number of rotatable bonds is 8. The lowest BCUT2D eigenvalue weighted by Gasteiger charge is -2.26. The number of aromatic nitrogens is 2. The Labute approximate surface area is 162 Å². The van der Waals surface area contributed by atoms with Gasteiger partial charge in [0, 0.05) is 18.2 Å². The van der Waals surface area contributed by atoms with Gasteiger partial charge in [0.1, 0.15) is 6.20 Å². The van der Waals surface area contributed by atoms with Crippen LogP contribution in [0.3, 0.4) is 0 Å². The lowest BCUT2D eigenvalue weighted by molar-refractivity contribution is -0.384. The Hall–Kier alpha value is -3.07. The first kappa shape index (κ1) is 19.7. The van der Waals surface area contributed by atoms with E-state index < -0.39 is 4.92 Å². The molecule has 1 aliphatic rings. The molecule has 0 bridgehead atoms. The Bertz CT molecular complexity index is 822. The van der Waals surface area contributed by atoms with E-state index in [-0.39, 0.29) is 35.8 Å². The van der Waals surface area contributed by atoms with Gasteiger partial charge >= 0.3 is 5.69 Å². The zero-order valence-electron chi connectivity index (χ0n) is 15.5. The second-order valence-corrected chi connectivity index (χ2v) is 6.99. The molecule has 3 rings (SSSR count). The zero-order valence-corrected chi connectivity index (χ0v) is 15.5. The Morgan fingerprint density at radius 3 is 2.57 bits per heavy atom. The van der Waals surface area contributed by atoms with Crippen molar-refractivity contribution < 1.29 is 9.72 Å². The molecule has 9 nitrogen and oxygen atoms in total. The summed E-state index contributed by atoms with van der Waals surface area (Å²) in [5, 5.41) is 17.2. The van der Waals surface area contributed by atoms with Crippen LogP contribution >= 0.6 is 0 Å². The molecule has 1 aromatic heterocycles. The lowest BCUT2D eigenvalue weighted by Crippen LogP contribution is -2.29. The lowest BCUT2D eigenvalue weighted by atomic mass is 9.86. The largest absolute Gasteiger partial charge is 0.364 e. The molecule has 1 aromatic carbocycles. The fraction of sp³-hybridized carbons (Fsp3) is 0.421. The number of nitrogens with one attached hydrogen (secondary N) is 2. The van der Waals surface area contributed by atoms with E-state index in [0.29, 0.717) is 18.0 Å². The maximum absolute atomic E-state index is 12.2. The van der Waals surface area contributed by atoms with E-state index in [1.54, 1.807) is 24.3 Å². The standard InChI is InChI=1S/C19H24N6O3/c20-15-8-6-13(7-9-15)10-21-18-16(25(27)28)11-22-19(24-18)23-12-17(26)14-4-2-1-3-5-14/h1-5,11,13,15H,6-10,12,20H2,(H2,21,22,23,24). The molecule has 1 aliphatic carbocycles. The number of nitro groups is 1. The highest BCUT2D eigenvalue weighted by Gasteiger charge is 2.22. The fourth-order valence-electron chi connectivity index (χ4n) is 3.24. The smallest absolute Gasteiger partial charge is 0.329 e. The summed E-state index contributed by atoms with van der Waals surface area (Å²) in [6.45, 7) is 0.592. The number of hydrogen-bond donors (Lipinski definition) is 3. The van der Waals surface area contributed by atoms with E-state index in [1.807, 2.05) is 6.07 Å². The second-order valence-electron chi connectivity index (χ2n) is 6.99. The molecule has 1 fully saturated rings. The average molecular weight is 384 g/mol. The minimum absolute atomic E-state index is 0.00176. The molecule has 0 spiro atoms. The fourth-order valence-corrected chi connectivity index (χ4v) is 3.24. The predicted octanol–water partition coefficient (Wildman–Crippen LogP) is 2.61. The van der Waals surface area contributed by atoms with Crippen LogP contribution in [-0.4, -0.2) is 39.8 Å². The number of benzene rings is 1. The summed E-state index contributed by atoms with van der Waals surface area (Å²) in [4.78, 5) is 31.1. The molecule has 0 radical (unpaired) electrons. The normalized spacial score (nSPS) is 19.0. The molecular formula is C19H24N6O3. The van der Waals surface area contributed by atoms with Crippen molar-refractivity contribution in [3.8, 4) is 0 Å². The van der Waals surface area contributed by atoms with Gasteiger partial charge in [0.15, 0.2) is 5.78 Å².